The molecular formula is C11H13BrN2O. The maximum atomic E-state index is 11.2. The number of nitrogens with one attached hydrogen (secondary N) is 1. The monoisotopic (exact) mass is 268 g/mol. The summed E-state index contributed by atoms with van der Waals surface area (Å²) in [5.74, 6) is 0.380. The molecule has 1 heterocycles. The lowest BCUT2D eigenvalue weighted by molar-refractivity contribution is 0.193. The van der Waals surface area contributed by atoms with Crippen molar-refractivity contribution >= 4 is 22.0 Å². The number of halogens is 1. The molecule has 2 rings (SSSR count). The molecule has 1 aromatic rings. The van der Waals surface area contributed by atoms with Crippen LogP contribution in [-0.4, -0.2) is 31.1 Å². The summed E-state index contributed by atoms with van der Waals surface area (Å²) in [7, 11) is 1.82. The fourth-order valence-electron chi connectivity index (χ4n) is 1.81. The maximum absolute atomic E-state index is 11.2. The van der Waals surface area contributed by atoms with Gasteiger partial charge in [-0.05, 0) is 17.7 Å². The molecule has 0 saturated carbocycles. The lowest BCUT2D eigenvalue weighted by Gasteiger charge is -2.30. The third-order valence-electron chi connectivity index (χ3n) is 2.66. The Hall–Kier alpha value is -1.03. The van der Waals surface area contributed by atoms with Crippen molar-refractivity contribution in [3.05, 3.63) is 34.3 Å². The lowest BCUT2D eigenvalue weighted by atomic mass is 9.97. The normalized spacial score (nSPS) is 21.3. The Labute approximate surface area is 97.6 Å². The number of benzene rings is 1. The van der Waals surface area contributed by atoms with Crippen LogP contribution in [0, 0.1) is 0 Å². The standard InChI is InChI=1S/C11H13BrN2O/c1-14-7-9(6-13-11(14)15)8-3-2-4-10(12)5-8/h2-5,9H,6-7H2,1H3,(H,13,15). The number of likely N-dealkylation sites (N-methyl/N-ethyl adjacent to an activating group) is 1. The van der Waals surface area contributed by atoms with E-state index in [0.717, 1.165) is 17.6 Å². The van der Waals surface area contributed by atoms with Crippen molar-refractivity contribution < 1.29 is 4.79 Å². The van der Waals surface area contributed by atoms with Crippen LogP contribution in [0.4, 0.5) is 4.79 Å². The molecule has 0 aromatic heterocycles. The molecule has 2 amide bonds. The van der Waals surface area contributed by atoms with Gasteiger partial charge in [-0.3, -0.25) is 0 Å². The van der Waals surface area contributed by atoms with Crippen LogP contribution in [0.5, 0.6) is 0 Å². The van der Waals surface area contributed by atoms with E-state index in [2.05, 4.69) is 33.4 Å². The number of urea groups is 1. The smallest absolute Gasteiger partial charge is 0.317 e. The largest absolute Gasteiger partial charge is 0.337 e. The van der Waals surface area contributed by atoms with E-state index in [4.69, 9.17) is 0 Å². The van der Waals surface area contributed by atoms with Crippen molar-refractivity contribution in [3.8, 4) is 0 Å². The summed E-state index contributed by atoms with van der Waals surface area (Å²) in [4.78, 5) is 13.0. The van der Waals surface area contributed by atoms with Gasteiger partial charge in [-0.15, -0.1) is 0 Å². The first-order valence-corrected chi connectivity index (χ1v) is 5.70. The molecule has 1 fully saturated rings. The quantitative estimate of drug-likeness (QED) is 0.832. The van der Waals surface area contributed by atoms with Crippen LogP contribution in [0.15, 0.2) is 28.7 Å². The maximum Gasteiger partial charge on any atom is 0.317 e. The van der Waals surface area contributed by atoms with Gasteiger partial charge >= 0.3 is 6.03 Å². The number of hydrogen-bond acceptors (Lipinski definition) is 1. The average Bonchev–Trinajstić information content (AvgIpc) is 2.22. The summed E-state index contributed by atoms with van der Waals surface area (Å²) in [6, 6.07) is 8.25. The summed E-state index contributed by atoms with van der Waals surface area (Å²) in [5.41, 5.74) is 1.26. The highest BCUT2D eigenvalue weighted by molar-refractivity contribution is 9.10. The average molecular weight is 269 g/mol. The topological polar surface area (TPSA) is 32.3 Å². The highest BCUT2D eigenvalue weighted by Gasteiger charge is 2.23. The van der Waals surface area contributed by atoms with Gasteiger partial charge in [0.2, 0.25) is 0 Å². The fraction of sp³-hybridized carbons (Fsp3) is 0.364. The molecule has 0 radical (unpaired) electrons. The summed E-state index contributed by atoms with van der Waals surface area (Å²) < 4.78 is 1.08. The SMILES string of the molecule is CN1CC(c2cccc(Br)c2)CNC1=O. The summed E-state index contributed by atoms with van der Waals surface area (Å²) in [6.45, 7) is 1.50. The van der Waals surface area contributed by atoms with Gasteiger partial charge in [0.05, 0.1) is 0 Å². The zero-order valence-electron chi connectivity index (χ0n) is 8.53. The van der Waals surface area contributed by atoms with E-state index < -0.39 is 0 Å². The molecule has 1 atom stereocenters. The Morgan fingerprint density at radius 1 is 1.53 bits per heavy atom. The second kappa shape index (κ2) is 4.23. The van der Waals surface area contributed by atoms with Crippen LogP contribution >= 0.6 is 15.9 Å². The number of carbonyl (C=O) groups is 1. The Bertz CT molecular complexity index is 381. The molecule has 1 aromatic carbocycles. The molecule has 1 aliphatic heterocycles. The summed E-state index contributed by atoms with van der Waals surface area (Å²) in [6.07, 6.45) is 0. The minimum atomic E-state index is 0.0150. The second-order valence-corrected chi connectivity index (χ2v) is 4.73. The van der Waals surface area contributed by atoms with Crippen molar-refractivity contribution in [1.29, 1.82) is 0 Å². The minimum Gasteiger partial charge on any atom is -0.337 e. The third kappa shape index (κ3) is 2.31. The van der Waals surface area contributed by atoms with Gasteiger partial charge in [0.25, 0.3) is 0 Å². The van der Waals surface area contributed by atoms with E-state index in [9.17, 15) is 4.79 Å². The molecule has 0 aliphatic carbocycles. The van der Waals surface area contributed by atoms with E-state index in [1.54, 1.807) is 4.90 Å². The molecule has 0 bridgehead atoms. The summed E-state index contributed by atoms with van der Waals surface area (Å²) in [5, 5.41) is 2.87. The Balaban J connectivity index is 2.15. The molecule has 80 valence electrons. The molecule has 0 spiro atoms. The van der Waals surface area contributed by atoms with Crippen molar-refractivity contribution in [1.82, 2.24) is 10.2 Å². The molecule has 1 aliphatic rings. The third-order valence-corrected chi connectivity index (χ3v) is 3.15. The molecule has 4 heteroatoms. The molecular weight excluding hydrogens is 256 g/mol. The predicted octanol–water partition coefficient (Wildman–Crippen LogP) is 2.19. The van der Waals surface area contributed by atoms with Crippen molar-refractivity contribution in [3.63, 3.8) is 0 Å². The Kier molecular flexibility index (Phi) is 2.95. The van der Waals surface area contributed by atoms with Gasteiger partial charge in [0, 0.05) is 30.5 Å². The van der Waals surface area contributed by atoms with Crippen molar-refractivity contribution in [2.24, 2.45) is 0 Å². The van der Waals surface area contributed by atoms with E-state index in [-0.39, 0.29) is 6.03 Å². The van der Waals surface area contributed by atoms with Gasteiger partial charge in [-0.25, -0.2) is 4.79 Å². The van der Waals surface area contributed by atoms with Gasteiger partial charge < -0.3 is 10.2 Å². The molecule has 1 saturated heterocycles. The number of amides is 2. The Morgan fingerprint density at radius 2 is 2.33 bits per heavy atom. The molecule has 15 heavy (non-hydrogen) atoms. The summed E-state index contributed by atoms with van der Waals surface area (Å²) >= 11 is 3.45. The van der Waals surface area contributed by atoms with Gasteiger partial charge in [0.15, 0.2) is 0 Å². The molecule has 1 N–H and O–H groups in total. The van der Waals surface area contributed by atoms with Gasteiger partial charge in [-0.2, -0.15) is 0 Å². The number of rotatable bonds is 1. The molecule has 3 nitrogen and oxygen atoms in total. The van der Waals surface area contributed by atoms with Gasteiger partial charge in [-0.1, -0.05) is 28.1 Å². The first-order chi connectivity index (χ1) is 7.16. The zero-order valence-corrected chi connectivity index (χ0v) is 10.1. The van der Waals surface area contributed by atoms with E-state index in [1.807, 2.05) is 19.2 Å². The van der Waals surface area contributed by atoms with Gasteiger partial charge in [0.1, 0.15) is 0 Å². The van der Waals surface area contributed by atoms with Crippen LogP contribution < -0.4 is 5.32 Å². The van der Waals surface area contributed by atoms with Crippen LogP contribution in [0.3, 0.4) is 0 Å². The van der Waals surface area contributed by atoms with E-state index in [1.165, 1.54) is 5.56 Å². The predicted molar refractivity (Wildman–Crippen MR) is 62.9 cm³/mol. The van der Waals surface area contributed by atoms with Crippen molar-refractivity contribution in [2.45, 2.75) is 5.92 Å². The van der Waals surface area contributed by atoms with E-state index in [0.29, 0.717) is 5.92 Å². The highest BCUT2D eigenvalue weighted by Crippen LogP contribution is 2.22. The minimum absolute atomic E-state index is 0.0150. The van der Waals surface area contributed by atoms with Crippen molar-refractivity contribution in [2.75, 3.05) is 20.1 Å². The number of hydrogen-bond donors (Lipinski definition) is 1. The highest BCUT2D eigenvalue weighted by atomic mass is 79.9. The van der Waals surface area contributed by atoms with Crippen LogP contribution in [-0.2, 0) is 0 Å². The lowest BCUT2D eigenvalue weighted by Crippen LogP contribution is -2.48. The Morgan fingerprint density at radius 3 is 3.00 bits per heavy atom. The number of nitrogens with zero attached hydrogens (tertiary/aromatic N) is 1. The second-order valence-electron chi connectivity index (χ2n) is 3.82. The first-order valence-electron chi connectivity index (χ1n) is 4.91. The van der Waals surface area contributed by atoms with Crippen LogP contribution in [0.2, 0.25) is 0 Å². The van der Waals surface area contributed by atoms with Crippen LogP contribution in [0.25, 0.3) is 0 Å². The number of carbonyl (C=O) groups excluding carboxylic acids is 1. The van der Waals surface area contributed by atoms with Crippen LogP contribution in [0.1, 0.15) is 11.5 Å². The fourth-order valence-corrected chi connectivity index (χ4v) is 2.22. The van der Waals surface area contributed by atoms with E-state index >= 15 is 0 Å². The first kappa shape index (κ1) is 10.5. The molecule has 1 unspecified atom stereocenters. The zero-order chi connectivity index (χ0) is 10.8.